The lowest BCUT2D eigenvalue weighted by Crippen LogP contribution is -1.91. The first-order chi connectivity index (χ1) is 9.13. The third kappa shape index (κ3) is 2.14. The van der Waals surface area contributed by atoms with Crippen LogP contribution in [0.5, 0.6) is 0 Å². The zero-order valence-electron chi connectivity index (χ0n) is 11.2. The van der Waals surface area contributed by atoms with Crippen molar-refractivity contribution >= 4 is 0 Å². The molecule has 3 aromatic heterocycles. The molecule has 5 heteroatoms. The van der Waals surface area contributed by atoms with Gasteiger partial charge in [0.2, 0.25) is 0 Å². The summed E-state index contributed by atoms with van der Waals surface area (Å²) < 4.78 is 1.82. The predicted octanol–water partition coefficient (Wildman–Crippen LogP) is 2.49. The molecule has 0 bridgehead atoms. The van der Waals surface area contributed by atoms with Crippen LogP contribution in [0.25, 0.3) is 22.4 Å². The first kappa shape index (κ1) is 11.6. The van der Waals surface area contributed by atoms with Gasteiger partial charge in [0.25, 0.3) is 0 Å². The molecule has 0 spiro atoms. The van der Waals surface area contributed by atoms with E-state index in [-0.39, 0.29) is 0 Å². The lowest BCUT2D eigenvalue weighted by molar-refractivity contribution is 0.771. The molecule has 3 aromatic rings. The molecule has 3 heterocycles. The average molecular weight is 253 g/mol. The van der Waals surface area contributed by atoms with E-state index in [0.29, 0.717) is 0 Å². The fourth-order valence-corrected chi connectivity index (χ4v) is 2.28. The zero-order valence-corrected chi connectivity index (χ0v) is 11.2. The standard InChI is InChI=1S/C14H15N5/c1-9-4-11(5-10(2)17-9)14-13(8-19(3)18-14)12-6-15-16-7-12/h4-8H,1-3H3,(H,15,16). The van der Waals surface area contributed by atoms with Gasteiger partial charge in [-0.3, -0.25) is 14.8 Å². The van der Waals surface area contributed by atoms with Crippen molar-refractivity contribution in [2.24, 2.45) is 7.05 Å². The average Bonchev–Trinajstić information content (AvgIpc) is 2.95. The summed E-state index contributed by atoms with van der Waals surface area (Å²) in [6.07, 6.45) is 5.69. The third-order valence-electron chi connectivity index (χ3n) is 2.99. The highest BCUT2D eigenvalue weighted by Gasteiger charge is 2.13. The summed E-state index contributed by atoms with van der Waals surface area (Å²) in [4.78, 5) is 4.41. The maximum Gasteiger partial charge on any atom is 0.100 e. The van der Waals surface area contributed by atoms with Crippen LogP contribution in [0.2, 0.25) is 0 Å². The van der Waals surface area contributed by atoms with E-state index in [0.717, 1.165) is 33.8 Å². The van der Waals surface area contributed by atoms with E-state index >= 15 is 0 Å². The van der Waals surface area contributed by atoms with Crippen molar-refractivity contribution in [1.82, 2.24) is 25.0 Å². The maximum absolute atomic E-state index is 4.57. The number of nitrogens with one attached hydrogen (secondary N) is 1. The van der Waals surface area contributed by atoms with Crippen molar-refractivity contribution in [1.29, 1.82) is 0 Å². The zero-order chi connectivity index (χ0) is 13.4. The minimum Gasteiger partial charge on any atom is -0.285 e. The van der Waals surface area contributed by atoms with Crippen molar-refractivity contribution < 1.29 is 0 Å². The van der Waals surface area contributed by atoms with E-state index in [2.05, 4.69) is 32.4 Å². The molecule has 19 heavy (non-hydrogen) atoms. The summed E-state index contributed by atoms with van der Waals surface area (Å²) in [7, 11) is 1.92. The highest BCUT2D eigenvalue weighted by Crippen LogP contribution is 2.30. The van der Waals surface area contributed by atoms with Crippen LogP contribution in [-0.2, 0) is 7.05 Å². The number of pyridine rings is 1. The molecule has 1 N–H and O–H groups in total. The second-order valence-electron chi connectivity index (χ2n) is 4.69. The summed E-state index contributed by atoms with van der Waals surface area (Å²) >= 11 is 0. The minimum atomic E-state index is 0.956. The van der Waals surface area contributed by atoms with Gasteiger partial charge in [-0.1, -0.05) is 0 Å². The van der Waals surface area contributed by atoms with E-state index in [4.69, 9.17) is 0 Å². The Morgan fingerprint density at radius 3 is 2.47 bits per heavy atom. The van der Waals surface area contributed by atoms with Crippen molar-refractivity contribution in [3.05, 3.63) is 42.1 Å². The normalized spacial score (nSPS) is 10.9. The van der Waals surface area contributed by atoms with E-state index in [1.807, 2.05) is 38.0 Å². The molecular formula is C14H15N5. The topological polar surface area (TPSA) is 59.4 Å². The van der Waals surface area contributed by atoms with Crippen LogP contribution in [0.1, 0.15) is 11.4 Å². The van der Waals surface area contributed by atoms with Gasteiger partial charge in [-0.2, -0.15) is 10.2 Å². The van der Waals surface area contributed by atoms with Crippen LogP contribution in [0.3, 0.4) is 0 Å². The summed E-state index contributed by atoms with van der Waals surface area (Å²) in [6.45, 7) is 3.99. The molecule has 0 aliphatic carbocycles. The van der Waals surface area contributed by atoms with Gasteiger partial charge in [0.15, 0.2) is 0 Å². The molecule has 5 nitrogen and oxygen atoms in total. The van der Waals surface area contributed by atoms with Gasteiger partial charge < -0.3 is 0 Å². The van der Waals surface area contributed by atoms with E-state index in [1.54, 1.807) is 6.20 Å². The Morgan fingerprint density at radius 1 is 1.11 bits per heavy atom. The quantitative estimate of drug-likeness (QED) is 0.763. The van der Waals surface area contributed by atoms with Crippen LogP contribution in [-0.4, -0.2) is 25.0 Å². The Labute approximate surface area is 111 Å². The van der Waals surface area contributed by atoms with Gasteiger partial charge in [0, 0.05) is 47.5 Å². The van der Waals surface area contributed by atoms with Crippen molar-refractivity contribution in [3.8, 4) is 22.4 Å². The molecule has 0 unspecified atom stereocenters. The van der Waals surface area contributed by atoms with Gasteiger partial charge in [-0.25, -0.2) is 0 Å². The van der Waals surface area contributed by atoms with E-state index < -0.39 is 0 Å². The maximum atomic E-state index is 4.57. The highest BCUT2D eigenvalue weighted by atomic mass is 15.3. The third-order valence-corrected chi connectivity index (χ3v) is 2.99. The smallest absolute Gasteiger partial charge is 0.100 e. The minimum absolute atomic E-state index is 0.956. The van der Waals surface area contributed by atoms with Crippen LogP contribution < -0.4 is 0 Å². The van der Waals surface area contributed by atoms with Gasteiger partial charge in [-0.15, -0.1) is 0 Å². The van der Waals surface area contributed by atoms with Crippen LogP contribution in [0.15, 0.2) is 30.7 Å². The first-order valence-electron chi connectivity index (χ1n) is 6.12. The number of nitrogens with zero attached hydrogens (tertiary/aromatic N) is 4. The lowest BCUT2D eigenvalue weighted by atomic mass is 10.0. The molecule has 3 rings (SSSR count). The molecular weight excluding hydrogens is 238 g/mol. The van der Waals surface area contributed by atoms with Crippen LogP contribution in [0.4, 0.5) is 0 Å². The Morgan fingerprint density at radius 2 is 1.84 bits per heavy atom. The summed E-state index contributed by atoms with van der Waals surface area (Å²) in [5.41, 5.74) is 6.15. The number of aryl methyl sites for hydroxylation is 3. The second-order valence-corrected chi connectivity index (χ2v) is 4.69. The van der Waals surface area contributed by atoms with Crippen molar-refractivity contribution in [3.63, 3.8) is 0 Å². The molecule has 0 aliphatic heterocycles. The number of hydrogen-bond acceptors (Lipinski definition) is 3. The summed E-state index contributed by atoms with van der Waals surface area (Å²) in [5, 5.41) is 11.4. The van der Waals surface area contributed by atoms with Gasteiger partial charge in [0.05, 0.1) is 6.20 Å². The fraction of sp³-hybridized carbons (Fsp3) is 0.214. The van der Waals surface area contributed by atoms with Crippen LogP contribution in [0, 0.1) is 13.8 Å². The van der Waals surface area contributed by atoms with E-state index in [9.17, 15) is 0 Å². The molecule has 0 aromatic carbocycles. The molecule has 96 valence electrons. The Bertz CT molecular complexity index is 689. The number of rotatable bonds is 2. The van der Waals surface area contributed by atoms with Crippen molar-refractivity contribution in [2.45, 2.75) is 13.8 Å². The summed E-state index contributed by atoms with van der Waals surface area (Å²) in [5.74, 6) is 0. The molecule has 0 fully saturated rings. The number of aromatic nitrogens is 5. The molecule has 0 atom stereocenters. The molecule has 0 aliphatic rings. The number of H-pyrrole nitrogens is 1. The SMILES string of the molecule is Cc1cc(-c2nn(C)cc2-c2cn[nH]c2)cc(C)n1. The van der Waals surface area contributed by atoms with Crippen molar-refractivity contribution in [2.75, 3.05) is 0 Å². The Kier molecular flexibility index (Phi) is 2.67. The Balaban J connectivity index is 2.20. The fourth-order valence-electron chi connectivity index (χ4n) is 2.28. The predicted molar refractivity (Wildman–Crippen MR) is 73.5 cm³/mol. The highest BCUT2D eigenvalue weighted by molar-refractivity contribution is 5.79. The molecule has 0 radical (unpaired) electrons. The molecule has 0 saturated heterocycles. The second kappa shape index (κ2) is 4.35. The molecule has 0 saturated carbocycles. The number of hydrogen-bond donors (Lipinski definition) is 1. The van der Waals surface area contributed by atoms with Gasteiger partial charge in [0.1, 0.15) is 5.69 Å². The van der Waals surface area contributed by atoms with Gasteiger partial charge >= 0.3 is 0 Å². The number of aromatic amines is 1. The lowest BCUT2D eigenvalue weighted by Gasteiger charge is -2.03. The van der Waals surface area contributed by atoms with E-state index in [1.165, 1.54) is 0 Å². The monoisotopic (exact) mass is 253 g/mol. The first-order valence-corrected chi connectivity index (χ1v) is 6.12. The largest absolute Gasteiger partial charge is 0.285 e. The van der Waals surface area contributed by atoms with Crippen LogP contribution >= 0.6 is 0 Å². The summed E-state index contributed by atoms with van der Waals surface area (Å²) in [6, 6.07) is 4.11. The molecule has 0 amide bonds. The van der Waals surface area contributed by atoms with Gasteiger partial charge in [-0.05, 0) is 26.0 Å². The Hall–Kier alpha value is -2.43.